The Morgan fingerprint density at radius 3 is 2.46 bits per heavy atom. The van der Waals surface area contributed by atoms with Gasteiger partial charge in [0.1, 0.15) is 17.5 Å². The summed E-state index contributed by atoms with van der Waals surface area (Å²) in [5.41, 5.74) is -1.06. The Balaban J connectivity index is 1.49. The Labute approximate surface area is 242 Å². The van der Waals surface area contributed by atoms with E-state index in [1.165, 1.54) is 19.1 Å². The molecule has 2 N–H and O–H groups in total. The molecule has 4 rings (SSSR count). The van der Waals surface area contributed by atoms with Gasteiger partial charge in [-0.2, -0.15) is 13.2 Å². The fraction of sp³-hybridized carbons (Fsp3) is 0.444. The molecule has 1 heterocycles. The summed E-state index contributed by atoms with van der Waals surface area (Å²) in [7, 11) is -2.05. The van der Waals surface area contributed by atoms with Crippen LogP contribution < -0.4 is 25.0 Å². The van der Waals surface area contributed by atoms with Crippen LogP contribution in [0.1, 0.15) is 44.6 Å². The van der Waals surface area contributed by atoms with Gasteiger partial charge < -0.3 is 20.1 Å². The van der Waals surface area contributed by atoms with Gasteiger partial charge in [-0.05, 0) is 50.1 Å². The van der Waals surface area contributed by atoms with Crippen LogP contribution in [0.4, 0.5) is 24.5 Å². The summed E-state index contributed by atoms with van der Waals surface area (Å²) in [5, 5.41) is 4.86. The van der Waals surface area contributed by atoms with Crippen LogP contribution in [-0.2, 0) is 31.4 Å². The molecule has 0 spiro atoms. The van der Waals surface area contributed by atoms with Gasteiger partial charge in [0.05, 0.1) is 10.6 Å². The summed E-state index contributed by atoms with van der Waals surface area (Å²) in [4.78, 5) is 39.9. The number of hydrogen-bond donors (Lipinski definition) is 2. The van der Waals surface area contributed by atoms with E-state index in [2.05, 4.69) is 10.6 Å². The standard InChI is InChI=1S/C27H29ClF3N3O6S/c1-16(26(37)33-17-5-3-2-4-6-17)34(19-8-9-21(28)20(12-19)27(29,30)31)25(36)14-41(38)13-24(35)32-18-7-10-22-23(11-18)40-15-39-22/h7-12,16-17H,2-6,13-15H2,1H3,(H,32,35)(H,33,37)/t16-,41-/m0/s1. The van der Waals surface area contributed by atoms with Crippen molar-refractivity contribution in [3.63, 3.8) is 0 Å². The first-order chi connectivity index (χ1) is 19.4. The number of fused-ring (bicyclic) bond motifs is 1. The van der Waals surface area contributed by atoms with Crippen LogP contribution in [0.2, 0.25) is 5.02 Å². The predicted octanol–water partition coefficient (Wildman–Crippen LogP) is 4.65. The largest absolute Gasteiger partial charge is 0.454 e. The highest BCUT2D eigenvalue weighted by Crippen LogP contribution is 2.37. The Bertz CT molecular complexity index is 1340. The van der Waals surface area contributed by atoms with Crippen molar-refractivity contribution in [2.45, 2.75) is 57.3 Å². The second-order valence-corrected chi connectivity index (χ2v) is 11.7. The second kappa shape index (κ2) is 13.1. The predicted molar refractivity (Wildman–Crippen MR) is 147 cm³/mol. The summed E-state index contributed by atoms with van der Waals surface area (Å²) in [5.74, 6) is -2.44. The SMILES string of the molecule is C[C@@H](C(=O)NC1CCCCC1)N(C(=O)C[S@@](=O)CC(=O)Nc1ccc2c(c1)OCO2)c1ccc(Cl)c(C(F)(F)F)c1. The topological polar surface area (TPSA) is 114 Å². The van der Waals surface area contributed by atoms with Crippen LogP contribution in [0.15, 0.2) is 36.4 Å². The van der Waals surface area contributed by atoms with Gasteiger partial charge in [0.25, 0.3) is 0 Å². The first kappa shape index (κ1) is 30.6. The number of ether oxygens (including phenoxy) is 2. The highest BCUT2D eigenvalue weighted by atomic mass is 35.5. The molecular weight excluding hydrogens is 587 g/mol. The zero-order valence-electron chi connectivity index (χ0n) is 22.1. The van der Waals surface area contributed by atoms with Gasteiger partial charge in [-0.15, -0.1) is 0 Å². The number of nitrogens with one attached hydrogen (secondary N) is 2. The maximum Gasteiger partial charge on any atom is 0.417 e. The Hall–Kier alpha value is -3.32. The molecule has 2 aromatic carbocycles. The minimum atomic E-state index is -4.81. The number of halogens is 4. The quantitative estimate of drug-likeness (QED) is 0.425. The molecule has 0 unspecified atom stereocenters. The third-order valence-electron chi connectivity index (χ3n) is 6.75. The van der Waals surface area contributed by atoms with Gasteiger partial charge in [0.15, 0.2) is 11.5 Å². The molecule has 0 radical (unpaired) electrons. The van der Waals surface area contributed by atoms with E-state index in [4.69, 9.17) is 21.1 Å². The third kappa shape index (κ3) is 7.91. The molecule has 2 atom stereocenters. The maximum atomic E-state index is 13.6. The van der Waals surface area contributed by atoms with Gasteiger partial charge in [-0.1, -0.05) is 30.9 Å². The zero-order valence-corrected chi connectivity index (χ0v) is 23.7. The van der Waals surface area contributed by atoms with Gasteiger partial charge in [0.2, 0.25) is 24.5 Å². The van der Waals surface area contributed by atoms with Crippen molar-refractivity contribution in [3.05, 3.63) is 47.0 Å². The second-order valence-electron chi connectivity index (χ2n) is 9.79. The molecular formula is C27H29ClF3N3O6S. The molecule has 14 heteroatoms. The van der Waals surface area contributed by atoms with E-state index < -0.39 is 62.8 Å². The van der Waals surface area contributed by atoms with Crippen molar-refractivity contribution in [2.75, 3.05) is 28.5 Å². The van der Waals surface area contributed by atoms with Crippen molar-refractivity contribution >= 4 is 51.5 Å². The molecule has 1 fully saturated rings. The number of carbonyl (C=O) groups excluding carboxylic acids is 3. The van der Waals surface area contributed by atoms with Gasteiger partial charge in [-0.25, -0.2) is 0 Å². The van der Waals surface area contributed by atoms with Gasteiger partial charge >= 0.3 is 6.18 Å². The fourth-order valence-electron chi connectivity index (χ4n) is 4.73. The first-order valence-corrected chi connectivity index (χ1v) is 14.8. The Kier molecular flexibility index (Phi) is 9.80. The van der Waals surface area contributed by atoms with Crippen LogP contribution in [0.3, 0.4) is 0 Å². The first-order valence-electron chi connectivity index (χ1n) is 13.0. The van der Waals surface area contributed by atoms with E-state index in [9.17, 15) is 31.8 Å². The lowest BCUT2D eigenvalue weighted by molar-refractivity contribution is -0.137. The van der Waals surface area contributed by atoms with Crippen molar-refractivity contribution in [2.24, 2.45) is 0 Å². The van der Waals surface area contributed by atoms with Crippen molar-refractivity contribution in [1.29, 1.82) is 0 Å². The molecule has 3 amide bonds. The molecule has 2 aliphatic rings. The lowest BCUT2D eigenvalue weighted by Gasteiger charge is -2.31. The van der Waals surface area contributed by atoms with Crippen molar-refractivity contribution in [3.8, 4) is 11.5 Å². The molecule has 41 heavy (non-hydrogen) atoms. The average molecular weight is 616 g/mol. The average Bonchev–Trinajstić information content (AvgIpc) is 3.37. The molecule has 222 valence electrons. The normalized spacial score (nSPS) is 16.5. The smallest absolute Gasteiger partial charge is 0.417 e. The highest BCUT2D eigenvalue weighted by Gasteiger charge is 2.36. The number of anilines is 2. The van der Waals surface area contributed by atoms with Crippen LogP contribution in [0.25, 0.3) is 0 Å². The molecule has 1 aliphatic heterocycles. The Morgan fingerprint density at radius 2 is 1.76 bits per heavy atom. The van der Waals surface area contributed by atoms with E-state index in [1.807, 2.05) is 0 Å². The maximum absolute atomic E-state index is 13.6. The molecule has 1 aliphatic carbocycles. The van der Waals surface area contributed by atoms with Crippen LogP contribution in [-0.4, -0.2) is 52.3 Å². The number of amides is 3. The van der Waals surface area contributed by atoms with E-state index in [0.29, 0.717) is 23.3 Å². The van der Waals surface area contributed by atoms with Crippen molar-refractivity contribution < 1.29 is 41.2 Å². The zero-order chi connectivity index (χ0) is 29.7. The summed E-state index contributed by atoms with van der Waals surface area (Å²) < 4.78 is 64.1. The lowest BCUT2D eigenvalue weighted by Crippen LogP contribution is -2.52. The van der Waals surface area contributed by atoms with Gasteiger partial charge in [-0.3, -0.25) is 23.5 Å². The van der Waals surface area contributed by atoms with E-state index in [-0.39, 0.29) is 18.5 Å². The van der Waals surface area contributed by atoms with Crippen LogP contribution >= 0.6 is 11.6 Å². The third-order valence-corrected chi connectivity index (χ3v) is 8.24. The molecule has 1 saturated carbocycles. The number of benzene rings is 2. The monoisotopic (exact) mass is 615 g/mol. The molecule has 0 saturated heterocycles. The van der Waals surface area contributed by atoms with E-state index in [0.717, 1.165) is 43.1 Å². The van der Waals surface area contributed by atoms with E-state index >= 15 is 0 Å². The van der Waals surface area contributed by atoms with Crippen LogP contribution in [0, 0.1) is 0 Å². The fourth-order valence-corrected chi connectivity index (χ4v) is 5.83. The lowest BCUT2D eigenvalue weighted by atomic mass is 9.95. The molecule has 2 aromatic rings. The highest BCUT2D eigenvalue weighted by molar-refractivity contribution is 7.86. The number of hydrogen-bond acceptors (Lipinski definition) is 6. The Morgan fingerprint density at radius 1 is 1.05 bits per heavy atom. The molecule has 9 nitrogen and oxygen atoms in total. The summed E-state index contributed by atoms with van der Waals surface area (Å²) in [6, 6.07) is 6.20. The number of carbonyl (C=O) groups is 3. The summed E-state index contributed by atoms with van der Waals surface area (Å²) in [6.45, 7) is 1.43. The van der Waals surface area contributed by atoms with Gasteiger partial charge in [0, 0.05) is 34.3 Å². The minimum absolute atomic E-state index is 0.0462. The molecule has 0 aromatic heterocycles. The van der Waals surface area contributed by atoms with Crippen molar-refractivity contribution in [1.82, 2.24) is 5.32 Å². The summed E-state index contributed by atoms with van der Waals surface area (Å²) >= 11 is 5.76. The summed E-state index contributed by atoms with van der Waals surface area (Å²) in [6.07, 6.45) is -0.387. The van der Waals surface area contributed by atoms with E-state index in [1.54, 1.807) is 12.1 Å². The van der Waals surface area contributed by atoms with Crippen LogP contribution in [0.5, 0.6) is 11.5 Å². The molecule has 0 bridgehead atoms. The number of nitrogens with zero attached hydrogens (tertiary/aromatic N) is 1. The minimum Gasteiger partial charge on any atom is -0.454 e. The number of alkyl halides is 3. The number of rotatable bonds is 9.